The van der Waals surface area contributed by atoms with Crippen LogP contribution in [0.4, 0.5) is 0 Å². The quantitative estimate of drug-likeness (QED) is 0.167. The topological polar surface area (TPSA) is 17.8 Å². The van der Waals surface area contributed by atoms with Gasteiger partial charge in [-0.1, -0.05) is 121 Å². The van der Waals surface area contributed by atoms with Gasteiger partial charge < -0.3 is 0 Å². The highest BCUT2D eigenvalue weighted by atomic mass is 15.1. The van der Waals surface area contributed by atoms with Crippen molar-refractivity contribution in [2.75, 3.05) is 0 Å². The molecule has 0 aliphatic rings. The molecule has 41 heavy (non-hydrogen) atoms. The van der Waals surface area contributed by atoms with Crippen LogP contribution in [0.15, 0.2) is 146 Å². The van der Waals surface area contributed by atoms with E-state index in [1.165, 1.54) is 54.2 Å². The van der Waals surface area contributed by atoms with Crippen LogP contribution in [0, 0.1) is 0 Å². The maximum atomic E-state index is 5.01. The van der Waals surface area contributed by atoms with Gasteiger partial charge in [0.1, 0.15) is 5.82 Å². The summed E-state index contributed by atoms with van der Waals surface area (Å²) in [6.45, 7) is 0. The molecule has 0 amide bonds. The number of aromatic nitrogens is 2. The van der Waals surface area contributed by atoms with Gasteiger partial charge >= 0.3 is 0 Å². The first-order chi connectivity index (χ1) is 20.3. The zero-order valence-corrected chi connectivity index (χ0v) is 22.3. The Morgan fingerprint density at radius 1 is 0.415 bits per heavy atom. The molecule has 0 bridgehead atoms. The van der Waals surface area contributed by atoms with E-state index in [0.29, 0.717) is 0 Å². The SMILES string of the molecule is c1ccc(-c2nc3ccccc3n2-c2ccc(-c3ccc4c5cccc6cccc(c7cccc3c74)c65)cc2)cc1. The molecule has 0 aliphatic carbocycles. The predicted octanol–water partition coefficient (Wildman–Crippen LogP) is 10.4. The molecule has 9 aromatic rings. The number of fused-ring (bicyclic) bond motifs is 3. The molecule has 0 radical (unpaired) electrons. The minimum Gasteiger partial charge on any atom is -0.292 e. The van der Waals surface area contributed by atoms with Crippen molar-refractivity contribution in [1.29, 1.82) is 0 Å². The van der Waals surface area contributed by atoms with Crippen molar-refractivity contribution in [1.82, 2.24) is 9.55 Å². The maximum Gasteiger partial charge on any atom is 0.145 e. The first-order valence-corrected chi connectivity index (χ1v) is 14.1. The molecule has 0 unspecified atom stereocenters. The van der Waals surface area contributed by atoms with Crippen LogP contribution in [0.2, 0.25) is 0 Å². The van der Waals surface area contributed by atoms with Gasteiger partial charge in [-0.15, -0.1) is 0 Å². The summed E-state index contributed by atoms with van der Waals surface area (Å²) < 4.78 is 2.27. The average molecular weight is 521 g/mol. The third kappa shape index (κ3) is 3.22. The Balaban J connectivity index is 1.25. The van der Waals surface area contributed by atoms with Crippen molar-refractivity contribution in [3.63, 3.8) is 0 Å². The molecule has 0 aliphatic heterocycles. The molecule has 2 nitrogen and oxygen atoms in total. The summed E-state index contributed by atoms with van der Waals surface area (Å²) in [6.07, 6.45) is 0. The van der Waals surface area contributed by atoms with Gasteiger partial charge in [0, 0.05) is 11.3 Å². The number of para-hydroxylation sites is 2. The minimum atomic E-state index is 0.953. The molecule has 1 aromatic heterocycles. The maximum absolute atomic E-state index is 5.01. The van der Waals surface area contributed by atoms with Gasteiger partial charge in [0.2, 0.25) is 0 Å². The third-order valence-electron chi connectivity index (χ3n) is 8.55. The van der Waals surface area contributed by atoms with Crippen LogP contribution < -0.4 is 0 Å². The second-order valence-corrected chi connectivity index (χ2v) is 10.8. The molecule has 1 heterocycles. The van der Waals surface area contributed by atoms with Crippen molar-refractivity contribution in [3.8, 4) is 28.2 Å². The summed E-state index contributed by atoms with van der Waals surface area (Å²) >= 11 is 0. The van der Waals surface area contributed by atoms with E-state index in [4.69, 9.17) is 4.98 Å². The van der Waals surface area contributed by atoms with E-state index in [1.54, 1.807) is 0 Å². The van der Waals surface area contributed by atoms with Crippen LogP contribution >= 0.6 is 0 Å². The molecule has 8 aromatic carbocycles. The van der Waals surface area contributed by atoms with Crippen LogP contribution in [0.25, 0.3) is 82.3 Å². The Morgan fingerprint density at radius 3 is 1.83 bits per heavy atom. The first-order valence-electron chi connectivity index (χ1n) is 14.1. The van der Waals surface area contributed by atoms with E-state index in [0.717, 1.165) is 28.1 Å². The van der Waals surface area contributed by atoms with Gasteiger partial charge in [0.15, 0.2) is 0 Å². The number of imidazole rings is 1. The number of rotatable bonds is 3. The van der Waals surface area contributed by atoms with Crippen molar-refractivity contribution in [3.05, 3.63) is 146 Å². The second kappa shape index (κ2) is 8.51. The van der Waals surface area contributed by atoms with Crippen LogP contribution in [0.1, 0.15) is 0 Å². The molecule has 0 N–H and O–H groups in total. The lowest BCUT2D eigenvalue weighted by atomic mass is 9.87. The molecule has 0 saturated carbocycles. The molecule has 190 valence electrons. The average Bonchev–Trinajstić information content (AvgIpc) is 3.44. The Bertz CT molecular complexity index is 2350. The Kier molecular flexibility index (Phi) is 4.64. The van der Waals surface area contributed by atoms with Crippen LogP contribution in [-0.2, 0) is 0 Å². The molecular formula is C39H24N2. The lowest BCUT2D eigenvalue weighted by Gasteiger charge is -2.17. The Morgan fingerprint density at radius 2 is 1.05 bits per heavy atom. The molecule has 2 heteroatoms. The largest absolute Gasteiger partial charge is 0.292 e. The predicted molar refractivity (Wildman–Crippen MR) is 173 cm³/mol. The Hall–Kier alpha value is -5.47. The van der Waals surface area contributed by atoms with E-state index in [-0.39, 0.29) is 0 Å². The summed E-state index contributed by atoms with van der Waals surface area (Å²) in [5, 5.41) is 10.6. The van der Waals surface area contributed by atoms with Gasteiger partial charge in [-0.05, 0) is 78.5 Å². The fraction of sp³-hybridized carbons (Fsp3) is 0. The monoisotopic (exact) mass is 520 g/mol. The van der Waals surface area contributed by atoms with Crippen molar-refractivity contribution in [2.24, 2.45) is 0 Å². The van der Waals surface area contributed by atoms with E-state index in [1.807, 2.05) is 12.1 Å². The van der Waals surface area contributed by atoms with E-state index < -0.39 is 0 Å². The lowest BCUT2D eigenvalue weighted by molar-refractivity contribution is 1.10. The van der Waals surface area contributed by atoms with Gasteiger partial charge in [-0.3, -0.25) is 4.57 Å². The number of nitrogens with zero attached hydrogens (tertiary/aromatic N) is 2. The van der Waals surface area contributed by atoms with Crippen LogP contribution in [-0.4, -0.2) is 9.55 Å². The smallest absolute Gasteiger partial charge is 0.145 e. The zero-order chi connectivity index (χ0) is 26.9. The van der Waals surface area contributed by atoms with Crippen LogP contribution in [0.5, 0.6) is 0 Å². The summed E-state index contributed by atoms with van der Waals surface area (Å²) in [5.41, 5.74) is 6.77. The molecule has 0 saturated heterocycles. The van der Waals surface area contributed by atoms with Crippen molar-refractivity contribution >= 4 is 54.1 Å². The fourth-order valence-electron chi connectivity index (χ4n) is 6.76. The highest BCUT2D eigenvalue weighted by Crippen LogP contribution is 2.43. The Labute approximate surface area is 237 Å². The first kappa shape index (κ1) is 22.4. The molecule has 9 rings (SSSR count). The standard InChI is InChI=1S/C39H24N2/c1-2-9-27(10-3-1)39-40-35-17-4-5-18-36(35)41(39)28-21-19-25(20-22-28)29-23-24-34-32-14-7-12-26-11-6-13-31(37(26)32)33-16-8-15-30(29)38(33)34/h1-24H. The van der Waals surface area contributed by atoms with Gasteiger partial charge in [0.25, 0.3) is 0 Å². The van der Waals surface area contributed by atoms with Gasteiger partial charge in [-0.2, -0.15) is 0 Å². The zero-order valence-electron chi connectivity index (χ0n) is 22.3. The summed E-state index contributed by atoms with van der Waals surface area (Å²) in [7, 11) is 0. The van der Waals surface area contributed by atoms with Gasteiger partial charge in [-0.25, -0.2) is 4.98 Å². The highest BCUT2D eigenvalue weighted by molar-refractivity contribution is 6.34. The second-order valence-electron chi connectivity index (χ2n) is 10.8. The minimum absolute atomic E-state index is 0.953. The third-order valence-corrected chi connectivity index (χ3v) is 8.55. The number of benzene rings is 8. The van der Waals surface area contributed by atoms with E-state index >= 15 is 0 Å². The van der Waals surface area contributed by atoms with Crippen molar-refractivity contribution in [2.45, 2.75) is 0 Å². The number of hydrogen-bond acceptors (Lipinski definition) is 1. The molecule has 0 fully saturated rings. The summed E-state index contributed by atoms with van der Waals surface area (Å²) in [6, 6.07) is 52.4. The number of hydrogen-bond donors (Lipinski definition) is 0. The van der Waals surface area contributed by atoms with Crippen LogP contribution in [0.3, 0.4) is 0 Å². The normalized spacial score (nSPS) is 11.9. The summed E-state index contributed by atoms with van der Waals surface area (Å²) in [5.74, 6) is 0.953. The van der Waals surface area contributed by atoms with E-state index in [9.17, 15) is 0 Å². The molecular weight excluding hydrogens is 496 g/mol. The molecule has 0 spiro atoms. The summed E-state index contributed by atoms with van der Waals surface area (Å²) in [4.78, 5) is 5.01. The van der Waals surface area contributed by atoms with E-state index in [2.05, 4.69) is 138 Å². The molecule has 0 atom stereocenters. The van der Waals surface area contributed by atoms with Gasteiger partial charge in [0.05, 0.1) is 11.0 Å². The van der Waals surface area contributed by atoms with Crippen molar-refractivity contribution < 1.29 is 0 Å². The fourth-order valence-corrected chi connectivity index (χ4v) is 6.76. The lowest BCUT2D eigenvalue weighted by Crippen LogP contribution is -1.97. The highest BCUT2D eigenvalue weighted by Gasteiger charge is 2.17.